The zero-order valence-corrected chi connectivity index (χ0v) is 15.3. The molecule has 3 atom stereocenters. The third kappa shape index (κ3) is 3.60. The summed E-state index contributed by atoms with van der Waals surface area (Å²) in [5.41, 5.74) is 0.925. The van der Waals surface area contributed by atoms with Crippen molar-refractivity contribution in [2.24, 2.45) is 0 Å². The van der Waals surface area contributed by atoms with Gasteiger partial charge in [0.15, 0.2) is 0 Å². The summed E-state index contributed by atoms with van der Waals surface area (Å²) in [4.78, 5) is 2.33. The van der Waals surface area contributed by atoms with Gasteiger partial charge in [-0.3, -0.25) is 4.90 Å². The average Bonchev–Trinajstić information content (AvgIpc) is 3.14. The Morgan fingerprint density at radius 2 is 2.04 bits per heavy atom. The van der Waals surface area contributed by atoms with Crippen LogP contribution in [0.4, 0.5) is 0 Å². The Labute approximate surface area is 146 Å². The number of β-amino-alcohol motifs (C(OH)–C–C–N with tert-alkyl or cyclic N) is 1. The number of fused-ring (bicyclic) bond motifs is 1. The van der Waals surface area contributed by atoms with Crippen LogP contribution < -0.4 is 4.72 Å². The number of nitrogens with zero attached hydrogens (tertiary/aromatic N) is 3. The molecule has 2 unspecified atom stereocenters. The first-order chi connectivity index (χ1) is 11.4. The predicted octanol–water partition coefficient (Wildman–Crippen LogP) is 1.20. The highest BCUT2D eigenvalue weighted by molar-refractivity contribution is 7.89. The maximum atomic E-state index is 12.5. The predicted molar refractivity (Wildman–Crippen MR) is 93.5 cm³/mol. The Morgan fingerprint density at radius 3 is 2.75 bits per heavy atom. The van der Waals surface area contributed by atoms with Crippen molar-refractivity contribution in [1.29, 1.82) is 0 Å². The molecule has 2 aromatic rings. The third-order valence-corrected chi connectivity index (χ3v) is 6.60. The van der Waals surface area contributed by atoms with Crippen molar-refractivity contribution in [3.63, 3.8) is 0 Å². The molecule has 1 aliphatic rings. The third-order valence-electron chi connectivity index (χ3n) is 4.60. The highest BCUT2D eigenvalue weighted by atomic mass is 32.2. The van der Waals surface area contributed by atoms with Crippen LogP contribution in [0.3, 0.4) is 0 Å². The van der Waals surface area contributed by atoms with Gasteiger partial charge in [0, 0.05) is 25.2 Å². The molecule has 0 radical (unpaired) electrons. The van der Waals surface area contributed by atoms with E-state index in [9.17, 15) is 13.5 Å². The smallest absolute Gasteiger partial charge is 0.242 e. The van der Waals surface area contributed by atoms with E-state index >= 15 is 0 Å². The van der Waals surface area contributed by atoms with Crippen LogP contribution in [0.15, 0.2) is 23.1 Å². The number of nitrogens with one attached hydrogen (secondary N) is 1. The van der Waals surface area contributed by atoms with Crippen molar-refractivity contribution in [3.8, 4) is 0 Å². The quantitative estimate of drug-likeness (QED) is 0.793. The van der Waals surface area contributed by atoms with E-state index < -0.39 is 16.1 Å². The molecule has 0 aliphatic carbocycles. The molecular weight excluding hydrogens is 348 g/mol. The molecule has 24 heavy (non-hydrogen) atoms. The van der Waals surface area contributed by atoms with E-state index in [0.717, 1.165) is 24.6 Å². The van der Waals surface area contributed by atoms with Crippen molar-refractivity contribution >= 4 is 32.8 Å². The fraction of sp³-hybridized carbons (Fsp3) is 0.600. The molecule has 1 aliphatic heterocycles. The Kier molecular flexibility index (Phi) is 5.16. The van der Waals surface area contributed by atoms with Crippen LogP contribution in [-0.2, 0) is 10.0 Å². The number of benzene rings is 1. The Hall–Kier alpha value is -1.13. The molecule has 0 spiro atoms. The molecule has 3 rings (SSSR count). The topological polar surface area (TPSA) is 95.4 Å². The summed E-state index contributed by atoms with van der Waals surface area (Å²) in [6, 6.07) is 5.70. The number of rotatable bonds is 6. The van der Waals surface area contributed by atoms with Gasteiger partial charge in [0.2, 0.25) is 10.0 Å². The summed E-state index contributed by atoms with van der Waals surface area (Å²) in [5, 5.41) is 10.2. The van der Waals surface area contributed by atoms with Gasteiger partial charge in [0.05, 0.1) is 17.8 Å². The van der Waals surface area contributed by atoms with Gasteiger partial charge < -0.3 is 5.11 Å². The van der Waals surface area contributed by atoms with E-state index in [4.69, 9.17) is 0 Å². The molecular formula is C15H22N4O3S2. The van der Waals surface area contributed by atoms with Crippen molar-refractivity contribution in [2.75, 3.05) is 13.1 Å². The van der Waals surface area contributed by atoms with E-state index in [0.29, 0.717) is 29.7 Å². The minimum Gasteiger partial charge on any atom is -0.390 e. The molecule has 1 aromatic carbocycles. The molecule has 0 amide bonds. The summed E-state index contributed by atoms with van der Waals surface area (Å²) in [6.45, 7) is 4.71. The zero-order chi connectivity index (χ0) is 17.3. The molecule has 2 heterocycles. The Balaban J connectivity index is 1.66. The highest BCUT2D eigenvalue weighted by Crippen LogP contribution is 2.24. The second kappa shape index (κ2) is 7.01. The van der Waals surface area contributed by atoms with Gasteiger partial charge in [0.1, 0.15) is 15.9 Å². The SMILES string of the molecule is CC1CCC(C)N1C[C@@H](O)CNS(=O)(=O)c1cccc2nsnc12. The van der Waals surface area contributed by atoms with Gasteiger partial charge in [-0.05, 0) is 38.8 Å². The van der Waals surface area contributed by atoms with E-state index in [1.807, 2.05) is 0 Å². The number of aliphatic hydroxyl groups is 1. The van der Waals surface area contributed by atoms with E-state index in [2.05, 4.69) is 32.2 Å². The fourth-order valence-electron chi connectivity index (χ4n) is 3.20. The van der Waals surface area contributed by atoms with E-state index in [-0.39, 0.29) is 11.4 Å². The molecule has 9 heteroatoms. The maximum absolute atomic E-state index is 12.5. The van der Waals surface area contributed by atoms with Crippen LogP contribution in [0.25, 0.3) is 11.0 Å². The molecule has 2 N–H and O–H groups in total. The first-order valence-electron chi connectivity index (χ1n) is 8.03. The number of hydrogen-bond acceptors (Lipinski definition) is 7. The summed E-state index contributed by atoms with van der Waals surface area (Å²) in [6.07, 6.45) is 1.46. The lowest BCUT2D eigenvalue weighted by atomic mass is 10.2. The maximum Gasteiger partial charge on any atom is 0.242 e. The van der Waals surface area contributed by atoms with Crippen molar-refractivity contribution in [3.05, 3.63) is 18.2 Å². The van der Waals surface area contributed by atoms with Crippen LogP contribution in [0.2, 0.25) is 0 Å². The second-order valence-corrected chi connectivity index (χ2v) is 8.63. The van der Waals surface area contributed by atoms with Gasteiger partial charge in [0.25, 0.3) is 0 Å². The highest BCUT2D eigenvalue weighted by Gasteiger charge is 2.29. The molecule has 0 bridgehead atoms. The summed E-state index contributed by atoms with van der Waals surface area (Å²) in [7, 11) is -3.74. The van der Waals surface area contributed by atoms with Gasteiger partial charge >= 0.3 is 0 Å². The molecule has 1 saturated heterocycles. The second-order valence-electron chi connectivity index (χ2n) is 6.37. The van der Waals surface area contributed by atoms with Crippen LogP contribution in [-0.4, -0.2) is 58.4 Å². The lowest BCUT2D eigenvalue weighted by molar-refractivity contribution is 0.0941. The monoisotopic (exact) mass is 370 g/mol. The van der Waals surface area contributed by atoms with Gasteiger partial charge in [-0.25, -0.2) is 13.1 Å². The van der Waals surface area contributed by atoms with Gasteiger partial charge in [-0.1, -0.05) is 6.07 Å². The van der Waals surface area contributed by atoms with Crippen LogP contribution in [0.5, 0.6) is 0 Å². The van der Waals surface area contributed by atoms with E-state index in [1.165, 1.54) is 6.07 Å². The largest absolute Gasteiger partial charge is 0.390 e. The fourth-order valence-corrected chi connectivity index (χ4v) is 5.04. The molecule has 1 aromatic heterocycles. The van der Waals surface area contributed by atoms with Crippen molar-refractivity contribution < 1.29 is 13.5 Å². The molecule has 1 fully saturated rings. The summed E-state index contributed by atoms with van der Waals surface area (Å²) in [5.74, 6) is 0. The standard InChI is InChI=1S/C15H22N4O3S2/c1-10-6-7-11(2)19(10)9-12(20)8-16-24(21,22)14-5-3-4-13-15(14)18-23-17-13/h3-5,10-12,16,20H,6-9H2,1-2H3/t10?,11?,12-/m0/s1. The van der Waals surface area contributed by atoms with Crippen LogP contribution >= 0.6 is 11.7 Å². The lowest BCUT2D eigenvalue weighted by Crippen LogP contribution is -2.43. The first-order valence-corrected chi connectivity index (χ1v) is 10.2. The number of hydrogen-bond donors (Lipinski definition) is 2. The average molecular weight is 371 g/mol. The zero-order valence-electron chi connectivity index (χ0n) is 13.7. The first kappa shape index (κ1) is 17.7. The minimum absolute atomic E-state index is 0.0216. The van der Waals surface area contributed by atoms with Crippen molar-refractivity contribution in [2.45, 2.75) is 49.8 Å². The molecule has 0 saturated carbocycles. The van der Waals surface area contributed by atoms with Crippen molar-refractivity contribution in [1.82, 2.24) is 18.4 Å². The number of aliphatic hydroxyl groups excluding tert-OH is 1. The Morgan fingerprint density at radius 1 is 1.33 bits per heavy atom. The molecule has 7 nitrogen and oxygen atoms in total. The minimum atomic E-state index is -3.74. The van der Waals surface area contributed by atoms with Gasteiger partial charge in [-0.2, -0.15) is 8.75 Å². The molecule has 132 valence electrons. The van der Waals surface area contributed by atoms with Gasteiger partial charge in [-0.15, -0.1) is 0 Å². The van der Waals surface area contributed by atoms with Crippen LogP contribution in [0.1, 0.15) is 26.7 Å². The van der Waals surface area contributed by atoms with Crippen LogP contribution in [0, 0.1) is 0 Å². The lowest BCUT2D eigenvalue weighted by Gasteiger charge is -2.28. The summed E-state index contributed by atoms with van der Waals surface area (Å²) < 4.78 is 35.6. The Bertz CT molecular complexity index is 798. The number of sulfonamides is 1. The summed E-state index contributed by atoms with van der Waals surface area (Å²) >= 11 is 0.981. The van der Waals surface area contributed by atoms with E-state index in [1.54, 1.807) is 12.1 Å². The normalized spacial score (nSPS) is 23.8. The number of aromatic nitrogens is 2. The number of likely N-dealkylation sites (tertiary alicyclic amines) is 1.